The molecule has 12 heteroatoms. The largest absolute Gasteiger partial charge is 0.324 e. The highest BCUT2D eigenvalue weighted by Crippen LogP contribution is 2.30. The van der Waals surface area contributed by atoms with Crippen molar-refractivity contribution in [2.75, 3.05) is 24.7 Å². The third-order valence-electron chi connectivity index (χ3n) is 7.56. The second kappa shape index (κ2) is 12.6. The number of pyridine rings is 1. The van der Waals surface area contributed by atoms with Crippen LogP contribution in [0.4, 0.5) is 11.6 Å². The number of piperidine rings is 1. The lowest BCUT2D eigenvalue weighted by atomic mass is 9.90. The van der Waals surface area contributed by atoms with E-state index in [4.69, 9.17) is 4.84 Å². The number of aromatic nitrogens is 3. The van der Waals surface area contributed by atoms with Gasteiger partial charge in [-0.2, -0.15) is 4.98 Å². The number of amides is 1. The lowest BCUT2D eigenvalue weighted by Crippen LogP contribution is -2.37. The van der Waals surface area contributed by atoms with Gasteiger partial charge in [-0.25, -0.2) is 23.2 Å². The molecule has 1 saturated heterocycles. The Balaban J connectivity index is 1.44. The van der Waals surface area contributed by atoms with Gasteiger partial charge in [0.1, 0.15) is 5.56 Å². The van der Waals surface area contributed by atoms with E-state index in [9.17, 15) is 18.0 Å². The van der Waals surface area contributed by atoms with Gasteiger partial charge in [-0.15, -0.1) is 0 Å². The number of hydroxylamine groups is 1. The third kappa shape index (κ3) is 6.93. The molecule has 43 heavy (non-hydrogen) atoms. The fourth-order valence-electron chi connectivity index (χ4n) is 5.14. The van der Waals surface area contributed by atoms with E-state index in [1.54, 1.807) is 18.4 Å². The van der Waals surface area contributed by atoms with Gasteiger partial charge in [-0.05, 0) is 74.4 Å². The van der Waals surface area contributed by atoms with Gasteiger partial charge in [0.15, 0.2) is 5.65 Å². The number of sulfonamides is 1. The Hall–Kier alpha value is -4.13. The minimum absolute atomic E-state index is 0.0880. The van der Waals surface area contributed by atoms with Gasteiger partial charge in [0.2, 0.25) is 21.4 Å². The van der Waals surface area contributed by atoms with Gasteiger partial charge in [0.25, 0.3) is 5.91 Å². The molecule has 0 unspecified atom stereocenters. The Morgan fingerprint density at radius 3 is 2.35 bits per heavy atom. The van der Waals surface area contributed by atoms with E-state index in [0.717, 1.165) is 41.8 Å². The van der Waals surface area contributed by atoms with Gasteiger partial charge in [-0.3, -0.25) is 14.4 Å². The molecule has 1 aliphatic heterocycles. The lowest BCUT2D eigenvalue weighted by molar-refractivity contribution is 0.0000942. The summed E-state index contributed by atoms with van der Waals surface area (Å²) in [4.78, 5) is 40.5. The molecule has 0 radical (unpaired) electrons. The monoisotopic (exact) mass is 604 g/mol. The molecule has 2 N–H and O–H groups in total. The van der Waals surface area contributed by atoms with Crippen molar-refractivity contribution < 1.29 is 18.0 Å². The molecule has 2 aromatic carbocycles. The molecule has 4 aromatic rings. The third-order valence-corrected chi connectivity index (χ3v) is 8.86. The second-order valence-electron chi connectivity index (χ2n) is 11.0. The van der Waals surface area contributed by atoms with E-state index in [0.29, 0.717) is 24.7 Å². The Labute approximate surface area is 250 Å². The molecule has 0 bridgehead atoms. The highest BCUT2D eigenvalue weighted by atomic mass is 32.2. The number of hydrogen-bond donors (Lipinski definition) is 2. The lowest BCUT2D eigenvalue weighted by Gasteiger charge is -2.30. The van der Waals surface area contributed by atoms with Crippen LogP contribution in [-0.4, -0.2) is 58.6 Å². The minimum Gasteiger partial charge on any atom is -0.324 e. The van der Waals surface area contributed by atoms with Crippen LogP contribution in [0.5, 0.6) is 0 Å². The van der Waals surface area contributed by atoms with E-state index < -0.39 is 21.4 Å². The van der Waals surface area contributed by atoms with Crippen molar-refractivity contribution in [1.82, 2.24) is 24.3 Å². The summed E-state index contributed by atoms with van der Waals surface area (Å²) < 4.78 is 26.9. The number of anilines is 2. The van der Waals surface area contributed by atoms with Gasteiger partial charge in [0, 0.05) is 36.9 Å². The molecule has 226 valence electrons. The maximum Gasteiger partial charge on any atom is 0.280 e. The predicted octanol–water partition coefficient (Wildman–Crippen LogP) is 4.30. The van der Waals surface area contributed by atoms with Crippen LogP contribution in [0.3, 0.4) is 0 Å². The number of fused-ring (bicyclic) bond motifs is 1. The molecular formula is C31H36N6O5S. The molecule has 5 rings (SSSR count). The summed E-state index contributed by atoms with van der Waals surface area (Å²) in [6.07, 6.45) is 6.32. The smallest absolute Gasteiger partial charge is 0.280 e. The topological polar surface area (TPSA) is 136 Å². The summed E-state index contributed by atoms with van der Waals surface area (Å²) in [5, 5.41) is 3.41. The quantitative estimate of drug-likeness (QED) is 0.270. The van der Waals surface area contributed by atoms with Crippen LogP contribution >= 0.6 is 0 Å². The van der Waals surface area contributed by atoms with Crippen LogP contribution in [-0.2, 0) is 21.3 Å². The Kier molecular flexibility index (Phi) is 8.90. The van der Waals surface area contributed by atoms with Crippen LogP contribution in [0, 0.1) is 0 Å². The van der Waals surface area contributed by atoms with Crippen molar-refractivity contribution in [1.29, 1.82) is 0 Å². The van der Waals surface area contributed by atoms with Crippen LogP contribution < -0.4 is 16.2 Å². The van der Waals surface area contributed by atoms with Crippen LogP contribution in [0.15, 0.2) is 65.7 Å². The number of benzene rings is 2. The average molecular weight is 605 g/mol. The first-order chi connectivity index (χ1) is 20.5. The molecule has 1 amide bonds. The van der Waals surface area contributed by atoms with Crippen LogP contribution in [0.2, 0.25) is 0 Å². The van der Waals surface area contributed by atoms with Crippen molar-refractivity contribution >= 4 is 38.6 Å². The molecule has 11 nitrogen and oxygen atoms in total. The summed E-state index contributed by atoms with van der Waals surface area (Å²) >= 11 is 0. The Morgan fingerprint density at radius 2 is 1.74 bits per heavy atom. The maximum atomic E-state index is 13.4. The van der Waals surface area contributed by atoms with Crippen molar-refractivity contribution in [3.05, 3.63) is 87.8 Å². The maximum absolute atomic E-state index is 13.4. The fraction of sp³-hybridized carbons (Fsp3) is 0.355. The Bertz CT molecular complexity index is 1780. The van der Waals surface area contributed by atoms with Gasteiger partial charge in [-0.1, -0.05) is 31.2 Å². The SMILES string of the molecule is CCc1ccc(-n2cc(C(=O)NOC(C)C)c(=O)c3cnc(Nc4ccc(C5CCN(S(C)(=O)=O)CC5)cc4)nc32)cc1. The molecule has 0 saturated carbocycles. The molecule has 0 atom stereocenters. The number of aryl methyl sites for hydroxylation is 1. The zero-order valence-electron chi connectivity index (χ0n) is 24.7. The zero-order chi connectivity index (χ0) is 30.7. The molecule has 1 fully saturated rings. The first kappa shape index (κ1) is 30.3. The summed E-state index contributed by atoms with van der Waals surface area (Å²) in [6, 6.07) is 15.8. The summed E-state index contributed by atoms with van der Waals surface area (Å²) in [5.41, 5.74) is 5.90. The van der Waals surface area contributed by atoms with E-state index in [1.165, 1.54) is 23.0 Å². The van der Waals surface area contributed by atoms with Gasteiger partial charge >= 0.3 is 0 Å². The number of rotatable bonds is 9. The molecule has 0 spiro atoms. The highest BCUT2D eigenvalue weighted by molar-refractivity contribution is 7.88. The van der Waals surface area contributed by atoms with E-state index in [2.05, 4.69) is 27.7 Å². The first-order valence-electron chi connectivity index (χ1n) is 14.3. The van der Waals surface area contributed by atoms with Crippen LogP contribution in [0.25, 0.3) is 16.7 Å². The van der Waals surface area contributed by atoms with E-state index >= 15 is 0 Å². The molecular weight excluding hydrogens is 568 g/mol. The minimum atomic E-state index is -3.17. The standard InChI is InChI=1S/C31H36N6O5S/c1-5-21-6-12-25(13-7-21)37-19-27(30(39)35-42-20(2)3)28(38)26-18-32-31(34-29(26)37)33-24-10-8-22(9-11-24)23-14-16-36(17-15-23)43(4,40)41/h6-13,18-20,23H,5,14-17H2,1-4H3,(H,35,39)(H,32,33,34). The van der Waals surface area contributed by atoms with Crippen molar-refractivity contribution in [3.63, 3.8) is 0 Å². The number of hydrogen-bond acceptors (Lipinski definition) is 8. The highest BCUT2D eigenvalue weighted by Gasteiger charge is 2.26. The predicted molar refractivity (Wildman–Crippen MR) is 166 cm³/mol. The molecule has 2 aromatic heterocycles. The number of carbonyl (C=O) groups is 1. The Morgan fingerprint density at radius 1 is 1.07 bits per heavy atom. The van der Waals surface area contributed by atoms with Crippen molar-refractivity contribution in [2.45, 2.75) is 52.1 Å². The van der Waals surface area contributed by atoms with Crippen LogP contribution in [0.1, 0.15) is 61.0 Å². The van der Waals surface area contributed by atoms with Gasteiger partial charge in [0.05, 0.1) is 17.7 Å². The van der Waals surface area contributed by atoms with Crippen molar-refractivity contribution in [2.24, 2.45) is 0 Å². The van der Waals surface area contributed by atoms with Gasteiger partial charge < -0.3 is 9.88 Å². The molecule has 3 heterocycles. The molecule has 0 aliphatic carbocycles. The van der Waals surface area contributed by atoms with E-state index in [1.807, 2.05) is 48.5 Å². The fourth-order valence-corrected chi connectivity index (χ4v) is 6.01. The normalized spacial score (nSPS) is 14.7. The summed E-state index contributed by atoms with van der Waals surface area (Å²) in [7, 11) is -3.17. The number of nitrogens with zero attached hydrogens (tertiary/aromatic N) is 4. The number of nitrogens with one attached hydrogen (secondary N) is 2. The first-order valence-corrected chi connectivity index (χ1v) is 16.2. The summed E-state index contributed by atoms with van der Waals surface area (Å²) in [5.74, 6) is -0.0703. The second-order valence-corrected chi connectivity index (χ2v) is 13.0. The van der Waals surface area contributed by atoms with Crippen molar-refractivity contribution in [3.8, 4) is 5.69 Å². The zero-order valence-corrected chi connectivity index (χ0v) is 25.5. The average Bonchev–Trinajstić information content (AvgIpc) is 3.00. The summed E-state index contributed by atoms with van der Waals surface area (Å²) in [6.45, 7) is 6.65. The van der Waals surface area contributed by atoms with E-state index in [-0.39, 0.29) is 23.0 Å². The molecule has 1 aliphatic rings. The number of carbonyl (C=O) groups excluding carboxylic acids is 1.